The molecule has 1 atom stereocenters. The van der Waals surface area contributed by atoms with Crippen molar-refractivity contribution in [3.63, 3.8) is 0 Å². The molecule has 0 spiro atoms. The first-order valence-corrected chi connectivity index (χ1v) is 11.2. The quantitative estimate of drug-likeness (QED) is 0.306. The van der Waals surface area contributed by atoms with E-state index in [1.807, 2.05) is 72.8 Å². The molecule has 0 aliphatic carbocycles. The zero-order valence-corrected chi connectivity index (χ0v) is 19.6. The van der Waals surface area contributed by atoms with Gasteiger partial charge in [0.25, 0.3) is 0 Å². The lowest BCUT2D eigenvalue weighted by Crippen LogP contribution is -2.31. The van der Waals surface area contributed by atoms with Crippen LogP contribution in [-0.2, 0) is 27.3 Å². The van der Waals surface area contributed by atoms with Crippen molar-refractivity contribution in [3.8, 4) is 11.5 Å². The van der Waals surface area contributed by atoms with Crippen LogP contribution >= 0.6 is 0 Å². The van der Waals surface area contributed by atoms with E-state index in [-0.39, 0.29) is 18.6 Å². The lowest BCUT2D eigenvalue weighted by molar-refractivity contribution is -0.155. The summed E-state index contributed by atoms with van der Waals surface area (Å²) in [5.41, 5.74) is 1.93. The van der Waals surface area contributed by atoms with Crippen LogP contribution in [0.15, 0.2) is 91.0 Å². The van der Waals surface area contributed by atoms with Gasteiger partial charge in [-0.3, -0.25) is 0 Å². The van der Waals surface area contributed by atoms with E-state index in [4.69, 9.17) is 18.9 Å². The van der Waals surface area contributed by atoms with E-state index < -0.39 is 18.0 Å². The Labute approximate surface area is 204 Å². The van der Waals surface area contributed by atoms with Crippen LogP contribution in [0.5, 0.6) is 11.5 Å². The fourth-order valence-corrected chi connectivity index (χ4v) is 3.74. The van der Waals surface area contributed by atoms with Crippen LogP contribution in [-0.4, -0.2) is 32.3 Å². The van der Waals surface area contributed by atoms with E-state index in [9.17, 15) is 9.59 Å². The summed E-state index contributed by atoms with van der Waals surface area (Å²) in [6.45, 7) is 0.0851. The third-order valence-electron chi connectivity index (χ3n) is 5.59. The fourth-order valence-electron chi connectivity index (χ4n) is 3.74. The molecule has 4 aromatic carbocycles. The Morgan fingerprint density at radius 1 is 0.714 bits per heavy atom. The molecule has 0 N–H and O–H groups in total. The van der Waals surface area contributed by atoms with Gasteiger partial charge in [0.05, 0.1) is 19.8 Å². The summed E-state index contributed by atoms with van der Waals surface area (Å²) in [5.74, 6) is -0.400. The largest absolute Gasteiger partial charge is 0.493 e. The Bertz CT molecular complexity index is 1320. The van der Waals surface area contributed by atoms with Crippen molar-refractivity contribution < 1.29 is 28.5 Å². The lowest BCUT2D eigenvalue weighted by atomic mass is 10.0. The number of esters is 2. The molecule has 4 rings (SSSR count). The Morgan fingerprint density at radius 2 is 1.43 bits per heavy atom. The predicted molar refractivity (Wildman–Crippen MR) is 133 cm³/mol. The highest BCUT2D eigenvalue weighted by Gasteiger charge is 2.26. The summed E-state index contributed by atoms with van der Waals surface area (Å²) < 4.78 is 21.7. The van der Waals surface area contributed by atoms with E-state index >= 15 is 0 Å². The van der Waals surface area contributed by atoms with E-state index in [0.29, 0.717) is 11.5 Å². The van der Waals surface area contributed by atoms with Gasteiger partial charge in [-0.1, -0.05) is 72.8 Å². The number of ether oxygens (including phenoxy) is 4. The summed E-state index contributed by atoms with van der Waals surface area (Å²) in [5, 5.41) is 2.12. The first-order valence-electron chi connectivity index (χ1n) is 11.2. The van der Waals surface area contributed by atoms with E-state index in [1.54, 1.807) is 12.1 Å². The minimum Gasteiger partial charge on any atom is -0.493 e. The van der Waals surface area contributed by atoms with Crippen LogP contribution in [0.1, 0.15) is 21.5 Å². The standard InChI is InChI=1S/C29H26O6/c1-32-25-15-14-24(18-26(25)33-2)28(30)35-27(29(31)34-19-20-8-4-3-5-9-20)17-21-12-13-22-10-6-7-11-23(22)16-21/h3-16,18,27H,17,19H2,1-2H3/t27-/m1/s1. The molecular weight excluding hydrogens is 444 g/mol. The summed E-state index contributed by atoms with van der Waals surface area (Å²) in [7, 11) is 2.99. The second-order valence-electron chi connectivity index (χ2n) is 7.94. The highest BCUT2D eigenvalue weighted by atomic mass is 16.6. The molecule has 0 amide bonds. The smallest absolute Gasteiger partial charge is 0.348 e. The molecule has 0 aliphatic rings. The number of hydrogen-bond donors (Lipinski definition) is 0. The van der Waals surface area contributed by atoms with Gasteiger partial charge in [0.2, 0.25) is 6.10 Å². The average molecular weight is 471 g/mol. The SMILES string of the molecule is COc1ccc(C(=O)O[C@H](Cc2ccc3ccccc3c2)C(=O)OCc2ccccc2)cc1OC. The molecule has 35 heavy (non-hydrogen) atoms. The molecule has 6 nitrogen and oxygen atoms in total. The van der Waals surface area contributed by atoms with Crippen LogP contribution in [0.4, 0.5) is 0 Å². The highest BCUT2D eigenvalue weighted by Crippen LogP contribution is 2.28. The van der Waals surface area contributed by atoms with Crippen molar-refractivity contribution in [2.75, 3.05) is 14.2 Å². The van der Waals surface area contributed by atoms with Gasteiger partial charge in [-0.25, -0.2) is 9.59 Å². The lowest BCUT2D eigenvalue weighted by Gasteiger charge is -2.18. The number of fused-ring (bicyclic) bond motifs is 1. The Kier molecular flexibility index (Phi) is 7.63. The van der Waals surface area contributed by atoms with Crippen LogP contribution in [0, 0.1) is 0 Å². The highest BCUT2D eigenvalue weighted by molar-refractivity contribution is 5.92. The number of rotatable bonds is 9. The molecule has 0 radical (unpaired) electrons. The van der Waals surface area contributed by atoms with Crippen molar-refractivity contribution in [1.82, 2.24) is 0 Å². The monoisotopic (exact) mass is 470 g/mol. The van der Waals surface area contributed by atoms with Crippen molar-refractivity contribution in [3.05, 3.63) is 108 Å². The topological polar surface area (TPSA) is 71.1 Å². The second kappa shape index (κ2) is 11.2. The molecule has 0 aliphatic heterocycles. The minimum absolute atomic E-state index is 0.0851. The van der Waals surface area contributed by atoms with E-state index in [1.165, 1.54) is 20.3 Å². The zero-order valence-electron chi connectivity index (χ0n) is 19.6. The van der Waals surface area contributed by atoms with Gasteiger partial charge in [0.1, 0.15) is 6.61 Å². The van der Waals surface area contributed by atoms with Crippen LogP contribution in [0.3, 0.4) is 0 Å². The normalized spacial score (nSPS) is 11.5. The Morgan fingerprint density at radius 3 is 2.17 bits per heavy atom. The van der Waals surface area contributed by atoms with Gasteiger partial charge in [0.15, 0.2) is 11.5 Å². The number of hydrogen-bond acceptors (Lipinski definition) is 6. The number of carbonyl (C=O) groups is 2. The van der Waals surface area contributed by atoms with Gasteiger partial charge < -0.3 is 18.9 Å². The Balaban J connectivity index is 1.55. The summed E-state index contributed by atoms with van der Waals surface area (Å²) >= 11 is 0. The number of carbonyl (C=O) groups excluding carboxylic acids is 2. The van der Waals surface area contributed by atoms with Gasteiger partial charge in [-0.2, -0.15) is 0 Å². The van der Waals surface area contributed by atoms with Crippen molar-refractivity contribution in [2.24, 2.45) is 0 Å². The molecular formula is C29H26O6. The molecule has 0 saturated heterocycles. The molecule has 0 aromatic heterocycles. The maximum atomic E-state index is 13.0. The Hall–Kier alpha value is -4.32. The molecule has 0 saturated carbocycles. The van der Waals surface area contributed by atoms with Gasteiger partial charge in [0, 0.05) is 6.42 Å². The molecule has 0 unspecified atom stereocenters. The molecule has 4 aromatic rings. The molecule has 0 fully saturated rings. The van der Waals surface area contributed by atoms with Gasteiger partial charge in [-0.05, 0) is 40.1 Å². The van der Waals surface area contributed by atoms with Crippen LogP contribution < -0.4 is 9.47 Å². The average Bonchev–Trinajstić information content (AvgIpc) is 2.91. The maximum absolute atomic E-state index is 13.0. The summed E-state index contributed by atoms with van der Waals surface area (Å²) in [6.07, 6.45) is -0.947. The van der Waals surface area contributed by atoms with Crippen LogP contribution in [0.2, 0.25) is 0 Å². The van der Waals surface area contributed by atoms with E-state index in [2.05, 4.69) is 0 Å². The fraction of sp³-hybridized carbons (Fsp3) is 0.172. The van der Waals surface area contributed by atoms with Gasteiger partial charge in [-0.15, -0.1) is 0 Å². The van der Waals surface area contributed by atoms with E-state index in [0.717, 1.165) is 21.9 Å². The van der Waals surface area contributed by atoms with Gasteiger partial charge >= 0.3 is 11.9 Å². The first kappa shape index (κ1) is 23.8. The molecule has 0 heterocycles. The van der Waals surface area contributed by atoms with Crippen LogP contribution in [0.25, 0.3) is 10.8 Å². The second-order valence-corrected chi connectivity index (χ2v) is 7.94. The van der Waals surface area contributed by atoms with Crippen molar-refractivity contribution >= 4 is 22.7 Å². The third-order valence-corrected chi connectivity index (χ3v) is 5.59. The molecule has 178 valence electrons. The predicted octanol–water partition coefficient (Wildman–Crippen LogP) is 5.37. The first-order chi connectivity index (χ1) is 17.1. The molecule has 6 heteroatoms. The maximum Gasteiger partial charge on any atom is 0.348 e. The number of methoxy groups -OCH3 is 2. The number of benzene rings is 4. The minimum atomic E-state index is -1.12. The zero-order chi connectivity index (χ0) is 24.6. The van der Waals surface area contributed by atoms with Crippen molar-refractivity contribution in [1.29, 1.82) is 0 Å². The summed E-state index contributed by atoms with van der Waals surface area (Å²) in [4.78, 5) is 26.0. The summed E-state index contributed by atoms with van der Waals surface area (Å²) in [6, 6.07) is 27.9. The molecule has 0 bridgehead atoms. The third kappa shape index (κ3) is 5.98. The van der Waals surface area contributed by atoms with Crippen molar-refractivity contribution in [2.45, 2.75) is 19.1 Å².